The number of pyridine rings is 1. The number of H-pyrrole nitrogens is 1. The number of benzene rings is 1. The zero-order valence-electron chi connectivity index (χ0n) is 22.8. The van der Waals surface area contributed by atoms with Crippen molar-refractivity contribution in [3.63, 3.8) is 0 Å². The van der Waals surface area contributed by atoms with E-state index in [1.165, 1.54) is 33.4 Å². The lowest BCUT2D eigenvalue weighted by Gasteiger charge is -2.43. The number of carbonyl (C=O) groups excluding carboxylic acids is 2. The second-order valence-electron chi connectivity index (χ2n) is 10.3. The highest BCUT2D eigenvalue weighted by atomic mass is 35.5. The summed E-state index contributed by atoms with van der Waals surface area (Å²) in [6.45, 7) is 2.08. The molecule has 234 valence electrons. The summed E-state index contributed by atoms with van der Waals surface area (Å²) in [4.78, 5) is 66.7. The van der Waals surface area contributed by atoms with E-state index in [9.17, 15) is 39.3 Å². The molecule has 0 saturated carbocycles. The Balaban J connectivity index is 1.19. The standard InChI is InChI=1S/C26H25ClFN5O8S3/c1-10(34)17-23(37)33-21(26(40)41)15(44-24(17)33)7-32(9-42)43-8-16(35)30-11-2-3-31(6-11)20-14(28)4-12-19(18(20)27)29-5-13(22(12)36)25(38)39/h4-5,9-11,17,24,34H,2-3,6-8H2,1H3,(H,29,36)(H,30,35)(H,38,39)(H,40,41)/t10-,11?,17-,24-/m1/s1. The average molecular weight is 686 g/mol. The molecule has 3 aliphatic rings. The number of thioether (sulfide) groups is 1. The number of aromatic amines is 1. The van der Waals surface area contributed by atoms with Crippen LogP contribution in [0.25, 0.3) is 10.9 Å². The molecule has 1 aromatic carbocycles. The molecular formula is C26H25ClFN5O8S3. The van der Waals surface area contributed by atoms with E-state index in [1.54, 1.807) is 4.90 Å². The van der Waals surface area contributed by atoms with Gasteiger partial charge in [-0.3, -0.25) is 19.3 Å². The summed E-state index contributed by atoms with van der Waals surface area (Å²) < 4.78 is 16.7. The van der Waals surface area contributed by atoms with Crippen molar-refractivity contribution >= 4 is 93.4 Å². The number of β-lactam (4-membered cyclic amide) rings is 1. The number of thiocarbonyl (C=S) groups is 1. The van der Waals surface area contributed by atoms with Crippen LogP contribution in [0.15, 0.2) is 27.7 Å². The van der Waals surface area contributed by atoms with Gasteiger partial charge in [0.05, 0.1) is 51.4 Å². The van der Waals surface area contributed by atoms with Crippen molar-refractivity contribution in [1.29, 1.82) is 0 Å². The highest BCUT2D eigenvalue weighted by Gasteiger charge is 2.57. The Morgan fingerprint density at radius 3 is 2.70 bits per heavy atom. The molecule has 13 nitrogen and oxygen atoms in total. The number of carbonyl (C=O) groups is 4. The first-order valence-electron chi connectivity index (χ1n) is 13.1. The number of carboxylic acid groups (broad SMARTS) is 2. The molecule has 2 aromatic rings. The lowest BCUT2D eigenvalue weighted by Crippen LogP contribution is -2.60. The highest BCUT2D eigenvalue weighted by Crippen LogP contribution is 2.50. The molecule has 2 fully saturated rings. The summed E-state index contributed by atoms with van der Waals surface area (Å²) >= 11 is 13.7. The maximum Gasteiger partial charge on any atom is 0.353 e. The SMILES string of the molecule is C[C@@H](O)[C@@H]1C(=O)N2C(C(=O)O)=C(CN(C=S)SCC(=O)NC3CCN(c4c(F)cc5c(=O)c(C(=O)O)c[nH]c5c4Cl)C3)S[C@H]12. The first kappa shape index (κ1) is 32.0. The zero-order valence-corrected chi connectivity index (χ0v) is 26.0. The van der Waals surface area contributed by atoms with Crippen LogP contribution in [-0.2, 0) is 14.4 Å². The van der Waals surface area contributed by atoms with E-state index in [0.29, 0.717) is 17.9 Å². The second kappa shape index (κ2) is 12.5. The predicted molar refractivity (Wildman–Crippen MR) is 166 cm³/mol. The van der Waals surface area contributed by atoms with Crippen LogP contribution in [0.2, 0.25) is 5.02 Å². The summed E-state index contributed by atoms with van der Waals surface area (Å²) in [6, 6.07) is 0.586. The molecule has 2 amide bonds. The van der Waals surface area contributed by atoms with Gasteiger partial charge in [0.1, 0.15) is 22.5 Å². The quantitative estimate of drug-likeness (QED) is 0.131. The van der Waals surface area contributed by atoms with Gasteiger partial charge in [0, 0.05) is 30.2 Å². The van der Waals surface area contributed by atoms with Gasteiger partial charge in [0.15, 0.2) is 0 Å². The molecule has 1 unspecified atom stereocenters. The summed E-state index contributed by atoms with van der Waals surface area (Å²) in [6.07, 6.45) is 0.547. The third-order valence-corrected chi connectivity index (χ3v) is 10.6. The molecule has 3 aliphatic heterocycles. The fraction of sp³-hybridized carbons (Fsp3) is 0.385. The van der Waals surface area contributed by atoms with Gasteiger partial charge >= 0.3 is 11.9 Å². The molecule has 0 aliphatic carbocycles. The van der Waals surface area contributed by atoms with Gasteiger partial charge in [-0.15, -0.1) is 0 Å². The molecule has 18 heteroatoms. The molecule has 5 rings (SSSR count). The number of carboxylic acids is 2. The van der Waals surface area contributed by atoms with Gasteiger partial charge in [-0.05, 0) is 31.4 Å². The number of amides is 2. The summed E-state index contributed by atoms with van der Waals surface area (Å²) in [5.74, 6) is -5.11. The second-order valence-corrected chi connectivity index (χ2v) is 13.1. The van der Waals surface area contributed by atoms with Gasteiger partial charge in [0.2, 0.25) is 17.2 Å². The van der Waals surface area contributed by atoms with Crippen LogP contribution in [0.1, 0.15) is 23.7 Å². The minimum Gasteiger partial charge on any atom is -0.477 e. The first-order valence-corrected chi connectivity index (χ1v) is 15.8. The number of aromatic carboxylic acids is 1. The van der Waals surface area contributed by atoms with Gasteiger partial charge in [-0.25, -0.2) is 14.0 Å². The Labute approximate surface area is 267 Å². The maximum absolute atomic E-state index is 15.2. The van der Waals surface area contributed by atoms with Crippen molar-refractivity contribution in [1.82, 2.24) is 19.5 Å². The highest BCUT2D eigenvalue weighted by molar-refractivity contribution is 8.04. The first-order chi connectivity index (χ1) is 20.8. The fourth-order valence-electron chi connectivity index (χ4n) is 5.44. The number of aromatic nitrogens is 1. The predicted octanol–water partition coefficient (Wildman–Crippen LogP) is 1.83. The van der Waals surface area contributed by atoms with Crippen molar-refractivity contribution in [2.45, 2.75) is 30.9 Å². The monoisotopic (exact) mass is 685 g/mol. The van der Waals surface area contributed by atoms with E-state index in [1.807, 2.05) is 0 Å². The number of nitrogens with zero attached hydrogens (tertiary/aromatic N) is 3. The lowest BCUT2D eigenvalue weighted by molar-refractivity contribution is -0.156. The van der Waals surface area contributed by atoms with Crippen LogP contribution in [0.4, 0.5) is 10.1 Å². The summed E-state index contributed by atoms with van der Waals surface area (Å²) in [5.41, 5.74) is -0.170. The molecule has 4 atom stereocenters. The molecule has 0 spiro atoms. The fourth-order valence-corrected chi connectivity index (χ4v) is 8.40. The number of aliphatic hydroxyl groups is 1. The minimum absolute atomic E-state index is 0.0217. The molecule has 0 bridgehead atoms. The normalized spacial score (nSPS) is 21.7. The van der Waals surface area contributed by atoms with Crippen molar-refractivity contribution < 1.29 is 38.9 Å². The Kier molecular flexibility index (Phi) is 9.13. The minimum atomic E-state index is -1.45. The number of aliphatic carboxylic acids is 1. The van der Waals surface area contributed by atoms with Crippen molar-refractivity contribution in [3.8, 4) is 0 Å². The van der Waals surface area contributed by atoms with Crippen molar-refractivity contribution in [2.75, 3.05) is 30.3 Å². The number of hydrogen-bond donors (Lipinski definition) is 5. The van der Waals surface area contributed by atoms with Gasteiger partial charge in [-0.1, -0.05) is 35.6 Å². The number of fused-ring (bicyclic) bond motifs is 2. The maximum atomic E-state index is 15.2. The van der Waals surface area contributed by atoms with Crippen molar-refractivity contribution in [2.24, 2.45) is 5.92 Å². The van der Waals surface area contributed by atoms with E-state index >= 15 is 4.39 Å². The molecule has 44 heavy (non-hydrogen) atoms. The number of nitrogens with one attached hydrogen (secondary N) is 2. The topological polar surface area (TPSA) is 184 Å². The lowest BCUT2D eigenvalue weighted by atomic mass is 9.92. The number of aliphatic hydroxyl groups excluding tert-OH is 1. The van der Waals surface area contributed by atoms with E-state index < -0.39 is 52.1 Å². The largest absolute Gasteiger partial charge is 0.477 e. The summed E-state index contributed by atoms with van der Waals surface area (Å²) in [7, 11) is 0. The van der Waals surface area contributed by atoms with Gasteiger partial charge in [0.25, 0.3) is 0 Å². The Morgan fingerprint density at radius 1 is 1.34 bits per heavy atom. The van der Waals surface area contributed by atoms with Crippen LogP contribution in [0.3, 0.4) is 0 Å². The summed E-state index contributed by atoms with van der Waals surface area (Å²) in [5, 5.41) is 30.9. The number of hydrogen-bond acceptors (Lipinski definition) is 10. The van der Waals surface area contributed by atoms with Gasteiger partial charge < -0.3 is 34.8 Å². The van der Waals surface area contributed by atoms with E-state index in [2.05, 4.69) is 10.3 Å². The smallest absolute Gasteiger partial charge is 0.353 e. The number of rotatable bonds is 11. The number of halogens is 2. The van der Waals surface area contributed by atoms with Crippen LogP contribution in [0, 0.1) is 11.7 Å². The van der Waals surface area contributed by atoms with Crippen LogP contribution in [-0.4, -0.2) is 102 Å². The zero-order chi connectivity index (χ0) is 32.0. The van der Waals surface area contributed by atoms with E-state index in [-0.39, 0.29) is 58.1 Å². The third kappa shape index (κ3) is 5.74. The Hall–Kier alpha value is -3.38. The van der Waals surface area contributed by atoms with Crippen LogP contribution >= 0.6 is 47.5 Å². The molecule has 2 saturated heterocycles. The molecule has 0 radical (unpaired) electrons. The number of anilines is 1. The van der Waals surface area contributed by atoms with Crippen LogP contribution in [0.5, 0.6) is 0 Å². The van der Waals surface area contributed by atoms with Crippen molar-refractivity contribution in [3.05, 3.63) is 49.5 Å². The van der Waals surface area contributed by atoms with E-state index in [0.717, 1.165) is 24.2 Å². The third-order valence-electron chi connectivity index (χ3n) is 7.50. The average Bonchev–Trinajstić information content (AvgIpc) is 3.53. The molecule has 1 aromatic heterocycles. The Morgan fingerprint density at radius 2 is 2.07 bits per heavy atom. The van der Waals surface area contributed by atoms with E-state index in [4.69, 9.17) is 23.8 Å². The molecule has 5 N–H and O–H groups in total. The Bertz CT molecular complexity index is 1690. The van der Waals surface area contributed by atoms with Gasteiger partial charge in [-0.2, -0.15) is 0 Å². The molecule has 4 heterocycles. The molecular weight excluding hydrogens is 661 g/mol. The van der Waals surface area contributed by atoms with Crippen LogP contribution < -0.4 is 15.6 Å².